The van der Waals surface area contributed by atoms with Crippen LogP contribution < -0.4 is 5.73 Å². The number of nitrogens with two attached hydrogens (primary N) is 1. The predicted molar refractivity (Wildman–Crippen MR) is 86.4 cm³/mol. The fourth-order valence-electron chi connectivity index (χ4n) is 3.58. The van der Waals surface area contributed by atoms with Crippen LogP contribution in [-0.2, 0) is 9.53 Å². The van der Waals surface area contributed by atoms with Gasteiger partial charge in [-0.15, -0.1) is 0 Å². The number of piperidine rings is 1. The van der Waals surface area contributed by atoms with Gasteiger partial charge in [0.1, 0.15) is 6.10 Å². The van der Waals surface area contributed by atoms with E-state index in [1.165, 1.54) is 17.5 Å². The fourth-order valence-corrected chi connectivity index (χ4v) is 3.58. The molecular formula is C18H26N2O2. The van der Waals surface area contributed by atoms with Gasteiger partial charge in [-0.2, -0.15) is 0 Å². The summed E-state index contributed by atoms with van der Waals surface area (Å²) in [6, 6.07) is 8.77. The number of hydrogen-bond donors (Lipinski definition) is 1. The average Bonchev–Trinajstić information content (AvgIpc) is 3.04. The van der Waals surface area contributed by atoms with E-state index in [4.69, 9.17) is 10.5 Å². The summed E-state index contributed by atoms with van der Waals surface area (Å²) in [5.74, 6) is 0.154. The molecule has 2 aliphatic rings. The second kappa shape index (κ2) is 6.80. The molecule has 3 rings (SSSR count). The van der Waals surface area contributed by atoms with Gasteiger partial charge < -0.3 is 15.4 Å². The Kier molecular flexibility index (Phi) is 4.79. The van der Waals surface area contributed by atoms with Crippen molar-refractivity contribution in [3.63, 3.8) is 0 Å². The van der Waals surface area contributed by atoms with Crippen LogP contribution in [0.5, 0.6) is 0 Å². The van der Waals surface area contributed by atoms with Crippen molar-refractivity contribution < 1.29 is 9.53 Å². The third-order valence-corrected chi connectivity index (χ3v) is 4.89. The zero-order valence-corrected chi connectivity index (χ0v) is 13.3. The van der Waals surface area contributed by atoms with Crippen molar-refractivity contribution in [2.24, 2.45) is 5.73 Å². The van der Waals surface area contributed by atoms with E-state index >= 15 is 0 Å². The van der Waals surface area contributed by atoms with Crippen LogP contribution in [0, 0.1) is 6.92 Å². The van der Waals surface area contributed by atoms with E-state index in [-0.39, 0.29) is 24.2 Å². The molecule has 1 aromatic carbocycles. The molecule has 1 unspecified atom stereocenters. The van der Waals surface area contributed by atoms with Crippen LogP contribution in [0.25, 0.3) is 0 Å². The Morgan fingerprint density at radius 2 is 2.00 bits per heavy atom. The van der Waals surface area contributed by atoms with E-state index in [0.717, 1.165) is 32.2 Å². The molecule has 1 amide bonds. The zero-order chi connectivity index (χ0) is 15.5. The van der Waals surface area contributed by atoms with Crippen molar-refractivity contribution in [2.45, 2.75) is 57.3 Å². The number of carbonyl (C=O) groups excluding carboxylic acids is 1. The summed E-state index contributed by atoms with van der Waals surface area (Å²) in [4.78, 5) is 14.9. The van der Waals surface area contributed by atoms with E-state index in [0.29, 0.717) is 6.54 Å². The lowest BCUT2D eigenvalue weighted by molar-refractivity contribution is -0.146. The van der Waals surface area contributed by atoms with Gasteiger partial charge >= 0.3 is 0 Å². The quantitative estimate of drug-likeness (QED) is 0.933. The topological polar surface area (TPSA) is 55.6 Å². The van der Waals surface area contributed by atoms with E-state index in [9.17, 15) is 4.79 Å². The molecule has 0 radical (unpaired) electrons. The summed E-state index contributed by atoms with van der Waals surface area (Å²) in [5, 5.41) is 0. The van der Waals surface area contributed by atoms with E-state index in [2.05, 4.69) is 31.2 Å². The first-order valence-electron chi connectivity index (χ1n) is 8.41. The number of hydrogen-bond acceptors (Lipinski definition) is 3. The number of amides is 1. The Morgan fingerprint density at radius 3 is 2.68 bits per heavy atom. The van der Waals surface area contributed by atoms with Gasteiger partial charge in [-0.1, -0.05) is 29.8 Å². The summed E-state index contributed by atoms with van der Waals surface area (Å²) < 4.78 is 5.81. The molecule has 0 saturated carbocycles. The third kappa shape index (κ3) is 3.18. The lowest BCUT2D eigenvalue weighted by Crippen LogP contribution is -2.44. The number of aryl methyl sites for hydroxylation is 1. The molecule has 4 heteroatoms. The molecular weight excluding hydrogens is 276 g/mol. The first kappa shape index (κ1) is 15.5. The summed E-state index contributed by atoms with van der Waals surface area (Å²) in [7, 11) is 0. The first-order valence-corrected chi connectivity index (χ1v) is 8.41. The summed E-state index contributed by atoms with van der Waals surface area (Å²) in [6.07, 6.45) is 4.77. The lowest BCUT2D eigenvalue weighted by atomic mass is 9.94. The molecule has 2 saturated heterocycles. The minimum absolute atomic E-state index is 0.0524. The third-order valence-electron chi connectivity index (χ3n) is 4.89. The molecule has 3 atom stereocenters. The van der Waals surface area contributed by atoms with Crippen molar-refractivity contribution in [3.05, 3.63) is 35.4 Å². The van der Waals surface area contributed by atoms with E-state index in [1.54, 1.807) is 0 Å². The van der Waals surface area contributed by atoms with Crippen LogP contribution in [0.1, 0.15) is 49.3 Å². The number of carbonyl (C=O) groups is 1. The number of rotatable bonds is 3. The van der Waals surface area contributed by atoms with Crippen molar-refractivity contribution in [1.82, 2.24) is 4.90 Å². The second-order valence-electron chi connectivity index (χ2n) is 6.51. The molecule has 120 valence electrons. The Labute approximate surface area is 132 Å². The minimum atomic E-state index is -0.292. The highest BCUT2D eigenvalue weighted by molar-refractivity contribution is 5.81. The molecule has 22 heavy (non-hydrogen) atoms. The summed E-state index contributed by atoms with van der Waals surface area (Å²) >= 11 is 0. The lowest BCUT2D eigenvalue weighted by Gasteiger charge is -2.37. The van der Waals surface area contributed by atoms with Gasteiger partial charge in [-0.25, -0.2) is 0 Å². The molecule has 2 fully saturated rings. The maximum atomic E-state index is 12.9. The second-order valence-corrected chi connectivity index (χ2v) is 6.51. The van der Waals surface area contributed by atoms with Gasteiger partial charge in [0, 0.05) is 13.1 Å². The predicted octanol–water partition coefficient (Wildman–Crippen LogP) is 2.55. The van der Waals surface area contributed by atoms with Crippen LogP contribution >= 0.6 is 0 Å². The number of ether oxygens (including phenoxy) is 1. The van der Waals surface area contributed by atoms with Crippen molar-refractivity contribution in [2.75, 3.05) is 13.1 Å². The minimum Gasteiger partial charge on any atom is -0.364 e. The molecule has 0 aromatic heterocycles. The zero-order valence-electron chi connectivity index (χ0n) is 13.3. The van der Waals surface area contributed by atoms with Crippen LogP contribution in [0.4, 0.5) is 0 Å². The van der Waals surface area contributed by atoms with Crippen LogP contribution in [0.15, 0.2) is 24.3 Å². The van der Waals surface area contributed by atoms with Gasteiger partial charge in [-0.3, -0.25) is 4.79 Å². The van der Waals surface area contributed by atoms with Crippen LogP contribution in [-0.4, -0.2) is 36.1 Å². The standard InChI is InChI=1S/C18H26N2O2/c1-13-5-7-14(8-6-13)16-4-2-3-11-20(16)18(21)17-10-9-15(12-19)22-17/h5-8,15-17H,2-4,9-12,19H2,1H3/t15-,16?,17+/m1/s1. The number of nitrogens with zero attached hydrogens (tertiary/aromatic N) is 1. The monoisotopic (exact) mass is 302 g/mol. The van der Waals surface area contributed by atoms with Crippen molar-refractivity contribution >= 4 is 5.91 Å². The molecule has 2 N–H and O–H groups in total. The Hall–Kier alpha value is -1.39. The molecule has 0 spiro atoms. The fraction of sp³-hybridized carbons (Fsp3) is 0.611. The Bertz CT molecular complexity index is 514. The maximum Gasteiger partial charge on any atom is 0.252 e. The average molecular weight is 302 g/mol. The van der Waals surface area contributed by atoms with Crippen LogP contribution in [0.2, 0.25) is 0 Å². The maximum absolute atomic E-state index is 12.9. The molecule has 0 aliphatic carbocycles. The van der Waals surface area contributed by atoms with E-state index in [1.807, 2.05) is 4.90 Å². The highest BCUT2D eigenvalue weighted by atomic mass is 16.5. The van der Waals surface area contributed by atoms with E-state index < -0.39 is 0 Å². The number of benzene rings is 1. The molecule has 0 bridgehead atoms. The molecule has 1 aromatic rings. The van der Waals surface area contributed by atoms with Crippen LogP contribution in [0.3, 0.4) is 0 Å². The van der Waals surface area contributed by atoms with Gasteiger partial charge in [0.25, 0.3) is 5.91 Å². The largest absolute Gasteiger partial charge is 0.364 e. The van der Waals surface area contributed by atoms with Gasteiger partial charge in [0.05, 0.1) is 12.1 Å². The normalized spacial score (nSPS) is 28.8. The first-order chi connectivity index (χ1) is 10.7. The van der Waals surface area contributed by atoms with Gasteiger partial charge in [0.2, 0.25) is 0 Å². The highest BCUT2D eigenvalue weighted by Crippen LogP contribution is 2.33. The Morgan fingerprint density at radius 1 is 1.23 bits per heavy atom. The Balaban J connectivity index is 1.75. The van der Waals surface area contributed by atoms with Crippen molar-refractivity contribution in [1.29, 1.82) is 0 Å². The molecule has 2 heterocycles. The number of likely N-dealkylation sites (tertiary alicyclic amines) is 1. The van der Waals surface area contributed by atoms with Crippen molar-refractivity contribution in [3.8, 4) is 0 Å². The molecule has 2 aliphatic heterocycles. The van der Waals surface area contributed by atoms with Gasteiger partial charge in [0.15, 0.2) is 0 Å². The smallest absolute Gasteiger partial charge is 0.252 e. The van der Waals surface area contributed by atoms with Gasteiger partial charge in [-0.05, 0) is 44.6 Å². The molecule has 4 nitrogen and oxygen atoms in total. The highest BCUT2D eigenvalue weighted by Gasteiger charge is 2.36. The summed E-state index contributed by atoms with van der Waals surface area (Å²) in [6.45, 7) is 3.43. The SMILES string of the molecule is Cc1ccc(C2CCCCN2C(=O)[C@@H]2CC[C@H](CN)O2)cc1. The summed E-state index contributed by atoms with van der Waals surface area (Å²) in [5.41, 5.74) is 8.15.